The van der Waals surface area contributed by atoms with Crippen molar-refractivity contribution in [3.63, 3.8) is 0 Å². The van der Waals surface area contributed by atoms with Crippen molar-refractivity contribution in [3.05, 3.63) is 48.0 Å². The highest BCUT2D eigenvalue weighted by Gasteiger charge is 2.44. The highest BCUT2D eigenvalue weighted by molar-refractivity contribution is 5.73. The molecule has 2 N–H and O–H groups in total. The molecule has 0 radical (unpaired) electrons. The van der Waals surface area contributed by atoms with Crippen LogP contribution in [0.1, 0.15) is 29.9 Å². The summed E-state index contributed by atoms with van der Waals surface area (Å²) < 4.78 is 39.2. The highest BCUT2D eigenvalue weighted by Crippen LogP contribution is 2.38. The largest absolute Gasteiger partial charge is 0.416 e. The molecule has 0 aromatic heterocycles. The zero-order valence-electron chi connectivity index (χ0n) is 13.9. The quantitative estimate of drug-likeness (QED) is 0.849. The molecule has 1 aromatic rings. The summed E-state index contributed by atoms with van der Waals surface area (Å²) in [4.78, 5) is 15.8. The minimum Gasteiger partial charge on any atom is -0.351 e. The van der Waals surface area contributed by atoms with E-state index in [1.807, 2.05) is 0 Å². The molecule has 2 aliphatic heterocycles. The number of hydrogen-bond acceptors (Lipinski definition) is 2. The van der Waals surface area contributed by atoms with E-state index in [9.17, 15) is 18.0 Å². The smallest absolute Gasteiger partial charge is 0.351 e. The predicted molar refractivity (Wildman–Crippen MR) is 89.1 cm³/mol. The van der Waals surface area contributed by atoms with Crippen molar-refractivity contribution in [2.24, 2.45) is 5.73 Å². The molecule has 0 spiro atoms. The Balaban J connectivity index is 2.00. The molecule has 3 atom stereocenters. The summed E-state index contributed by atoms with van der Waals surface area (Å²) in [5.41, 5.74) is 5.38. The summed E-state index contributed by atoms with van der Waals surface area (Å²) in [7, 11) is 0. The Kier molecular flexibility index (Phi) is 4.77. The van der Waals surface area contributed by atoms with E-state index in [4.69, 9.17) is 5.73 Å². The van der Waals surface area contributed by atoms with Gasteiger partial charge in [-0.15, -0.1) is 6.58 Å². The summed E-state index contributed by atoms with van der Waals surface area (Å²) in [6.45, 7) is 6.01. The SMILES string of the molecule is C=C[C@H](c1cccc(C(F)(F)F)c1)C1C2CCCN2CCN1C(N)=O. The Bertz CT molecular complexity index is 661. The molecule has 1 aromatic carbocycles. The third-order valence-electron chi connectivity index (χ3n) is 5.30. The number of primary amides is 1. The fourth-order valence-electron chi connectivity index (χ4n) is 4.19. The normalized spacial score (nSPS) is 25.5. The maximum Gasteiger partial charge on any atom is 0.416 e. The van der Waals surface area contributed by atoms with Gasteiger partial charge in [-0.1, -0.05) is 24.3 Å². The Morgan fingerprint density at radius 2 is 2.08 bits per heavy atom. The maximum atomic E-state index is 13.1. The highest BCUT2D eigenvalue weighted by atomic mass is 19.4. The molecule has 0 saturated carbocycles. The molecule has 25 heavy (non-hydrogen) atoms. The van der Waals surface area contributed by atoms with Gasteiger partial charge in [-0.2, -0.15) is 13.2 Å². The first-order valence-corrected chi connectivity index (χ1v) is 8.42. The fourth-order valence-corrected chi connectivity index (χ4v) is 4.19. The van der Waals surface area contributed by atoms with E-state index in [0.29, 0.717) is 12.1 Å². The van der Waals surface area contributed by atoms with Gasteiger partial charge in [0.05, 0.1) is 11.6 Å². The lowest BCUT2D eigenvalue weighted by atomic mass is 9.83. The lowest BCUT2D eigenvalue weighted by Crippen LogP contribution is -2.61. The van der Waals surface area contributed by atoms with E-state index in [1.165, 1.54) is 6.07 Å². The van der Waals surface area contributed by atoms with Crippen LogP contribution in [0.2, 0.25) is 0 Å². The lowest BCUT2D eigenvalue weighted by molar-refractivity contribution is -0.137. The number of urea groups is 1. The Morgan fingerprint density at radius 1 is 1.32 bits per heavy atom. The number of piperazine rings is 1. The van der Waals surface area contributed by atoms with Crippen molar-refractivity contribution < 1.29 is 18.0 Å². The molecule has 2 amide bonds. The molecule has 2 fully saturated rings. The van der Waals surface area contributed by atoms with E-state index >= 15 is 0 Å². The summed E-state index contributed by atoms with van der Waals surface area (Å²) in [5, 5.41) is 0. The number of fused-ring (bicyclic) bond motifs is 1. The first-order chi connectivity index (χ1) is 11.8. The van der Waals surface area contributed by atoms with Gasteiger partial charge in [0.2, 0.25) is 0 Å². The van der Waals surface area contributed by atoms with Gasteiger partial charge in [0.15, 0.2) is 0 Å². The molecule has 4 nitrogen and oxygen atoms in total. The standard InChI is InChI=1S/C18H22F3N3O/c1-2-14(12-5-3-6-13(11-12)18(19,20)21)16-15-7-4-8-23(15)9-10-24(16)17(22)25/h2-3,5-6,11,14-16H,1,4,7-10H2,(H2,22,25)/t14-,15?,16?/m1/s1. The van der Waals surface area contributed by atoms with Gasteiger partial charge in [-0.25, -0.2) is 4.79 Å². The minimum atomic E-state index is -4.41. The minimum absolute atomic E-state index is 0.0961. The zero-order valence-corrected chi connectivity index (χ0v) is 13.9. The summed E-state index contributed by atoms with van der Waals surface area (Å²) in [6.07, 6.45) is -0.854. The van der Waals surface area contributed by atoms with Crippen molar-refractivity contribution in [2.75, 3.05) is 19.6 Å². The molecule has 3 rings (SSSR count). The van der Waals surface area contributed by atoms with Crippen LogP contribution in [0.4, 0.5) is 18.0 Å². The predicted octanol–water partition coefficient (Wildman–Crippen LogP) is 3.20. The first kappa shape index (κ1) is 17.8. The number of carbonyl (C=O) groups excluding carboxylic acids is 1. The molecule has 136 valence electrons. The molecule has 2 unspecified atom stereocenters. The Morgan fingerprint density at radius 3 is 2.72 bits per heavy atom. The second-order valence-corrected chi connectivity index (χ2v) is 6.65. The van der Waals surface area contributed by atoms with Gasteiger partial charge in [-0.05, 0) is 31.0 Å². The van der Waals surface area contributed by atoms with Gasteiger partial charge in [0.25, 0.3) is 0 Å². The van der Waals surface area contributed by atoms with Crippen LogP contribution >= 0.6 is 0 Å². The van der Waals surface area contributed by atoms with Crippen LogP contribution in [-0.4, -0.2) is 47.5 Å². The number of hydrogen-bond donors (Lipinski definition) is 1. The van der Waals surface area contributed by atoms with Crippen LogP contribution < -0.4 is 5.73 Å². The second kappa shape index (κ2) is 6.71. The monoisotopic (exact) mass is 353 g/mol. The molecule has 2 heterocycles. The van der Waals surface area contributed by atoms with Crippen molar-refractivity contribution >= 4 is 6.03 Å². The van der Waals surface area contributed by atoms with Gasteiger partial charge in [0, 0.05) is 25.0 Å². The number of halogens is 3. The average Bonchev–Trinajstić information content (AvgIpc) is 3.03. The first-order valence-electron chi connectivity index (χ1n) is 8.42. The van der Waals surface area contributed by atoms with E-state index in [1.54, 1.807) is 17.0 Å². The number of nitrogens with two attached hydrogens (primary N) is 1. The maximum absolute atomic E-state index is 13.1. The van der Waals surface area contributed by atoms with Gasteiger partial charge >= 0.3 is 12.2 Å². The van der Waals surface area contributed by atoms with Crippen LogP contribution in [0.15, 0.2) is 36.9 Å². The van der Waals surface area contributed by atoms with E-state index in [0.717, 1.165) is 38.1 Å². The van der Waals surface area contributed by atoms with Crippen LogP contribution in [0.5, 0.6) is 0 Å². The third kappa shape index (κ3) is 3.38. The molecular weight excluding hydrogens is 331 g/mol. The second-order valence-electron chi connectivity index (χ2n) is 6.65. The van der Waals surface area contributed by atoms with Crippen LogP contribution in [0.3, 0.4) is 0 Å². The fraction of sp³-hybridized carbons (Fsp3) is 0.500. The van der Waals surface area contributed by atoms with Crippen LogP contribution in [-0.2, 0) is 6.18 Å². The number of amides is 2. The van der Waals surface area contributed by atoms with E-state index < -0.39 is 23.7 Å². The molecule has 7 heteroatoms. The van der Waals surface area contributed by atoms with Crippen LogP contribution in [0, 0.1) is 0 Å². The lowest BCUT2D eigenvalue weighted by Gasteiger charge is -2.47. The number of rotatable bonds is 3. The van der Waals surface area contributed by atoms with Gasteiger partial charge < -0.3 is 10.6 Å². The van der Waals surface area contributed by atoms with Crippen molar-refractivity contribution in [2.45, 2.75) is 37.0 Å². The van der Waals surface area contributed by atoms with Gasteiger partial charge in [-0.3, -0.25) is 4.90 Å². The van der Waals surface area contributed by atoms with E-state index in [-0.39, 0.29) is 12.1 Å². The summed E-state index contributed by atoms with van der Waals surface area (Å²) in [6, 6.07) is 4.54. The van der Waals surface area contributed by atoms with Crippen molar-refractivity contribution in [3.8, 4) is 0 Å². The number of carbonyl (C=O) groups is 1. The molecular formula is C18H22F3N3O. The van der Waals surface area contributed by atoms with Gasteiger partial charge in [0.1, 0.15) is 0 Å². The zero-order chi connectivity index (χ0) is 18.2. The summed E-state index contributed by atoms with van der Waals surface area (Å²) >= 11 is 0. The Labute approximate surface area is 145 Å². The third-order valence-corrected chi connectivity index (χ3v) is 5.30. The van der Waals surface area contributed by atoms with E-state index in [2.05, 4.69) is 11.5 Å². The van der Waals surface area contributed by atoms with Crippen LogP contribution in [0.25, 0.3) is 0 Å². The average molecular weight is 353 g/mol. The molecule has 2 saturated heterocycles. The number of nitrogens with zero attached hydrogens (tertiary/aromatic N) is 2. The molecule has 0 bridgehead atoms. The molecule has 0 aliphatic carbocycles. The number of alkyl halides is 3. The summed E-state index contributed by atoms with van der Waals surface area (Å²) in [5.74, 6) is -0.402. The molecule has 2 aliphatic rings. The number of benzene rings is 1. The topological polar surface area (TPSA) is 49.6 Å². The van der Waals surface area contributed by atoms with Crippen molar-refractivity contribution in [1.82, 2.24) is 9.80 Å². The van der Waals surface area contributed by atoms with Crippen molar-refractivity contribution in [1.29, 1.82) is 0 Å². The Hall–Kier alpha value is -2.02.